The lowest BCUT2D eigenvalue weighted by molar-refractivity contribution is 0.285. The summed E-state index contributed by atoms with van der Waals surface area (Å²) in [6.07, 6.45) is 2.12. The third kappa shape index (κ3) is 2.77. The lowest BCUT2D eigenvalue weighted by atomic mass is 10.2. The molecule has 0 fully saturated rings. The molecule has 0 unspecified atom stereocenters. The van der Waals surface area contributed by atoms with Crippen molar-refractivity contribution in [2.24, 2.45) is 0 Å². The maximum atomic E-state index is 6.11. The lowest BCUT2D eigenvalue weighted by Gasteiger charge is -2.09. The summed E-state index contributed by atoms with van der Waals surface area (Å²) >= 11 is 6.11. The first kappa shape index (κ1) is 14.8. The van der Waals surface area contributed by atoms with Crippen molar-refractivity contribution >= 4 is 22.5 Å². The number of aryl methyl sites for hydroxylation is 1. The van der Waals surface area contributed by atoms with Gasteiger partial charge in [-0.3, -0.25) is 0 Å². The van der Waals surface area contributed by atoms with E-state index >= 15 is 0 Å². The van der Waals surface area contributed by atoms with Crippen molar-refractivity contribution in [3.63, 3.8) is 0 Å². The number of nitrogens with zero attached hydrogens (tertiary/aromatic N) is 1. The first-order valence-corrected chi connectivity index (χ1v) is 7.63. The summed E-state index contributed by atoms with van der Waals surface area (Å²) in [6, 6.07) is 13.6. The highest BCUT2D eigenvalue weighted by atomic mass is 35.5. The number of methoxy groups -OCH3 is 1. The average molecular weight is 316 g/mol. The third-order valence-electron chi connectivity index (χ3n) is 3.72. The van der Waals surface area contributed by atoms with Crippen LogP contribution in [-0.2, 0) is 13.2 Å². The molecule has 0 radical (unpaired) electrons. The van der Waals surface area contributed by atoms with E-state index in [0.29, 0.717) is 6.61 Å². The maximum Gasteiger partial charge on any atom is 0.161 e. The quantitative estimate of drug-likeness (QED) is 0.668. The highest BCUT2D eigenvalue weighted by Gasteiger charge is 2.10. The Morgan fingerprint density at radius 2 is 1.86 bits per heavy atom. The smallest absolute Gasteiger partial charge is 0.161 e. The van der Waals surface area contributed by atoms with Gasteiger partial charge in [0, 0.05) is 34.2 Å². The summed E-state index contributed by atoms with van der Waals surface area (Å²) in [4.78, 5) is 0. The normalized spacial score (nSPS) is 10.9. The van der Waals surface area contributed by atoms with Gasteiger partial charge in [0.05, 0.1) is 7.11 Å². The van der Waals surface area contributed by atoms with E-state index < -0.39 is 0 Å². The summed E-state index contributed by atoms with van der Waals surface area (Å²) in [5, 5.41) is 1.92. The molecule has 4 heteroatoms. The Hall–Kier alpha value is -2.13. The van der Waals surface area contributed by atoms with Crippen LogP contribution in [0, 0.1) is 0 Å². The number of benzene rings is 2. The molecule has 1 aromatic heterocycles. The summed E-state index contributed by atoms with van der Waals surface area (Å²) in [7, 11) is 1.65. The van der Waals surface area contributed by atoms with Gasteiger partial charge in [0.1, 0.15) is 6.61 Å². The molecule has 114 valence electrons. The molecule has 0 saturated carbocycles. The van der Waals surface area contributed by atoms with E-state index in [4.69, 9.17) is 21.1 Å². The van der Waals surface area contributed by atoms with E-state index in [1.807, 2.05) is 42.5 Å². The van der Waals surface area contributed by atoms with Gasteiger partial charge in [-0.15, -0.1) is 0 Å². The predicted octanol–water partition coefficient (Wildman–Crippen LogP) is 4.90. The van der Waals surface area contributed by atoms with Gasteiger partial charge >= 0.3 is 0 Å². The van der Waals surface area contributed by atoms with E-state index in [0.717, 1.165) is 34.1 Å². The SMILES string of the molecule is CCn1cc(COc2ccccc2OC)c2ccc(Cl)cc21. The average Bonchev–Trinajstić information content (AvgIpc) is 2.90. The molecule has 0 aliphatic rings. The molecule has 3 aromatic rings. The second kappa shape index (κ2) is 6.32. The number of para-hydroxylation sites is 2. The Labute approximate surface area is 135 Å². The topological polar surface area (TPSA) is 23.4 Å². The predicted molar refractivity (Wildman–Crippen MR) is 89.9 cm³/mol. The van der Waals surface area contributed by atoms with E-state index in [1.165, 1.54) is 5.39 Å². The standard InChI is InChI=1S/C18H18ClNO2/c1-3-20-11-13(15-9-8-14(19)10-16(15)20)12-22-18-7-5-4-6-17(18)21-2/h4-11H,3,12H2,1-2H3. The minimum Gasteiger partial charge on any atom is -0.493 e. The molecule has 0 bridgehead atoms. The Morgan fingerprint density at radius 1 is 1.09 bits per heavy atom. The Kier molecular flexibility index (Phi) is 4.25. The second-order valence-corrected chi connectivity index (χ2v) is 5.48. The van der Waals surface area contributed by atoms with Crippen LogP contribution in [0.15, 0.2) is 48.7 Å². The third-order valence-corrected chi connectivity index (χ3v) is 3.95. The number of hydrogen-bond acceptors (Lipinski definition) is 2. The molecule has 0 spiro atoms. The van der Waals surface area contributed by atoms with Crippen molar-refractivity contribution < 1.29 is 9.47 Å². The van der Waals surface area contributed by atoms with Crippen LogP contribution < -0.4 is 9.47 Å². The second-order valence-electron chi connectivity index (χ2n) is 5.04. The highest BCUT2D eigenvalue weighted by Crippen LogP contribution is 2.29. The van der Waals surface area contributed by atoms with Crippen LogP contribution in [0.3, 0.4) is 0 Å². The Morgan fingerprint density at radius 3 is 2.59 bits per heavy atom. The van der Waals surface area contributed by atoms with Gasteiger partial charge in [-0.1, -0.05) is 29.8 Å². The zero-order valence-electron chi connectivity index (χ0n) is 12.7. The largest absolute Gasteiger partial charge is 0.493 e. The summed E-state index contributed by atoms with van der Waals surface area (Å²) in [6.45, 7) is 3.50. The van der Waals surface area contributed by atoms with Crippen molar-refractivity contribution in [2.75, 3.05) is 7.11 Å². The fraction of sp³-hybridized carbons (Fsp3) is 0.222. The molecule has 1 heterocycles. The van der Waals surface area contributed by atoms with Crippen LogP contribution in [0.25, 0.3) is 10.9 Å². The van der Waals surface area contributed by atoms with Gasteiger partial charge in [0.25, 0.3) is 0 Å². The molecular formula is C18H18ClNO2. The minimum absolute atomic E-state index is 0.492. The number of halogens is 1. The minimum atomic E-state index is 0.492. The van der Waals surface area contributed by atoms with E-state index in [2.05, 4.69) is 17.7 Å². The highest BCUT2D eigenvalue weighted by molar-refractivity contribution is 6.31. The van der Waals surface area contributed by atoms with Crippen LogP contribution in [0.1, 0.15) is 12.5 Å². The number of fused-ring (bicyclic) bond motifs is 1. The molecule has 2 aromatic carbocycles. The maximum absolute atomic E-state index is 6.11. The van der Waals surface area contributed by atoms with Crippen molar-refractivity contribution in [3.8, 4) is 11.5 Å². The number of ether oxygens (including phenoxy) is 2. The van der Waals surface area contributed by atoms with Gasteiger partial charge in [0.15, 0.2) is 11.5 Å². The Balaban J connectivity index is 1.91. The zero-order valence-corrected chi connectivity index (χ0v) is 13.4. The van der Waals surface area contributed by atoms with Crippen molar-refractivity contribution in [1.29, 1.82) is 0 Å². The van der Waals surface area contributed by atoms with Crippen LogP contribution in [0.5, 0.6) is 11.5 Å². The number of hydrogen-bond donors (Lipinski definition) is 0. The summed E-state index contributed by atoms with van der Waals surface area (Å²) in [5.74, 6) is 1.49. The Bertz CT molecular complexity index is 795. The van der Waals surface area contributed by atoms with Crippen molar-refractivity contribution in [2.45, 2.75) is 20.1 Å². The first-order chi connectivity index (χ1) is 10.7. The fourth-order valence-corrected chi connectivity index (χ4v) is 2.78. The molecule has 3 nitrogen and oxygen atoms in total. The van der Waals surface area contributed by atoms with Crippen LogP contribution in [0.4, 0.5) is 0 Å². The van der Waals surface area contributed by atoms with Gasteiger partial charge in [-0.25, -0.2) is 0 Å². The molecule has 0 amide bonds. The molecule has 0 saturated heterocycles. The fourth-order valence-electron chi connectivity index (χ4n) is 2.61. The molecule has 0 atom stereocenters. The molecule has 0 aliphatic heterocycles. The van der Waals surface area contributed by atoms with E-state index in [9.17, 15) is 0 Å². The molecular weight excluding hydrogens is 298 g/mol. The summed E-state index contributed by atoms with van der Waals surface area (Å²) in [5.41, 5.74) is 2.27. The van der Waals surface area contributed by atoms with Gasteiger partial charge < -0.3 is 14.0 Å². The van der Waals surface area contributed by atoms with E-state index in [1.54, 1.807) is 7.11 Å². The monoisotopic (exact) mass is 315 g/mol. The number of aromatic nitrogens is 1. The van der Waals surface area contributed by atoms with Crippen molar-refractivity contribution in [1.82, 2.24) is 4.57 Å². The van der Waals surface area contributed by atoms with Gasteiger partial charge in [-0.05, 0) is 31.2 Å². The van der Waals surface area contributed by atoms with Crippen LogP contribution >= 0.6 is 11.6 Å². The summed E-state index contributed by atoms with van der Waals surface area (Å²) < 4.78 is 13.4. The van der Waals surface area contributed by atoms with Crippen molar-refractivity contribution in [3.05, 3.63) is 59.2 Å². The van der Waals surface area contributed by atoms with Crippen LogP contribution in [0.2, 0.25) is 5.02 Å². The van der Waals surface area contributed by atoms with Gasteiger partial charge in [0.2, 0.25) is 0 Å². The molecule has 0 aliphatic carbocycles. The van der Waals surface area contributed by atoms with E-state index in [-0.39, 0.29) is 0 Å². The zero-order chi connectivity index (χ0) is 15.5. The van der Waals surface area contributed by atoms with Gasteiger partial charge in [-0.2, -0.15) is 0 Å². The molecule has 0 N–H and O–H groups in total. The lowest BCUT2D eigenvalue weighted by Crippen LogP contribution is -1.97. The first-order valence-electron chi connectivity index (χ1n) is 7.26. The number of rotatable bonds is 5. The van der Waals surface area contributed by atoms with Crippen LogP contribution in [-0.4, -0.2) is 11.7 Å². The molecule has 3 rings (SSSR count). The molecule has 22 heavy (non-hydrogen) atoms.